The molecule has 0 radical (unpaired) electrons. The molecule has 28 heavy (non-hydrogen) atoms. The Kier molecular flexibility index (Phi) is 5.28. The molecule has 1 aliphatic heterocycles. The first-order chi connectivity index (χ1) is 13.7. The third kappa shape index (κ3) is 3.86. The van der Waals surface area contributed by atoms with Crippen LogP contribution in [0.4, 0.5) is 5.95 Å². The van der Waals surface area contributed by atoms with Crippen LogP contribution in [-0.4, -0.2) is 32.9 Å². The minimum absolute atomic E-state index is 0.556. The Labute approximate surface area is 164 Å². The van der Waals surface area contributed by atoms with Crippen molar-refractivity contribution < 1.29 is 4.74 Å². The van der Waals surface area contributed by atoms with E-state index < -0.39 is 0 Å². The zero-order chi connectivity index (χ0) is 19.3. The summed E-state index contributed by atoms with van der Waals surface area (Å²) in [6.45, 7) is 5.53. The number of benzene rings is 2. The molecular formula is C22H23N5O. The highest BCUT2D eigenvalue weighted by atomic mass is 16.5. The highest BCUT2D eigenvalue weighted by molar-refractivity contribution is 6.50. The molecule has 0 saturated heterocycles. The van der Waals surface area contributed by atoms with Gasteiger partial charge in [-0.1, -0.05) is 43.2 Å². The molecule has 0 N–H and O–H groups in total. The summed E-state index contributed by atoms with van der Waals surface area (Å²) < 4.78 is 7.44. The summed E-state index contributed by atoms with van der Waals surface area (Å²) in [5.41, 5.74) is 4.13. The average molecular weight is 373 g/mol. The summed E-state index contributed by atoms with van der Waals surface area (Å²) in [7, 11) is 0. The number of nitrogens with zero attached hydrogens (tertiary/aromatic N) is 5. The fraction of sp³-hybridized carbons (Fsp3) is 0.273. The van der Waals surface area contributed by atoms with E-state index in [1.165, 1.54) is 11.9 Å². The van der Waals surface area contributed by atoms with E-state index in [1.807, 2.05) is 24.3 Å². The summed E-state index contributed by atoms with van der Waals surface area (Å²) in [6, 6.07) is 16.3. The molecule has 0 bridgehead atoms. The van der Waals surface area contributed by atoms with Crippen LogP contribution >= 0.6 is 0 Å². The summed E-state index contributed by atoms with van der Waals surface area (Å²) in [4.78, 5) is 13.6. The molecule has 4 rings (SSSR count). The Morgan fingerprint density at radius 3 is 2.57 bits per heavy atom. The molecule has 142 valence electrons. The van der Waals surface area contributed by atoms with E-state index in [0.29, 0.717) is 18.3 Å². The lowest BCUT2D eigenvalue weighted by atomic mass is 10.1. The van der Waals surface area contributed by atoms with E-state index in [-0.39, 0.29) is 0 Å². The molecule has 1 aliphatic rings. The number of aromatic nitrogens is 3. The number of unbranched alkanes of at least 4 members (excludes halogenated alkanes) is 1. The van der Waals surface area contributed by atoms with Gasteiger partial charge in [0.2, 0.25) is 0 Å². The standard InChI is InChI=1S/C22H23N5O/c1-3-4-13-28-19-11-9-18(10-12-19)20-21(27-22(26-20)24-15-25-27)23-14-17-7-5-16(2)6-8-17/h5-12,15H,3-4,13-14H2,1-2H3. The summed E-state index contributed by atoms with van der Waals surface area (Å²) in [5, 5.41) is 4.28. The second-order valence-corrected chi connectivity index (χ2v) is 6.78. The van der Waals surface area contributed by atoms with Crippen molar-refractivity contribution in [2.45, 2.75) is 33.2 Å². The van der Waals surface area contributed by atoms with Gasteiger partial charge in [0.1, 0.15) is 17.8 Å². The smallest absolute Gasteiger partial charge is 0.254 e. The second-order valence-electron chi connectivity index (χ2n) is 6.78. The fourth-order valence-corrected chi connectivity index (χ4v) is 2.95. The zero-order valence-corrected chi connectivity index (χ0v) is 16.2. The largest absolute Gasteiger partial charge is 0.494 e. The van der Waals surface area contributed by atoms with Crippen LogP contribution in [0.25, 0.3) is 0 Å². The van der Waals surface area contributed by atoms with Crippen molar-refractivity contribution in [1.29, 1.82) is 0 Å². The van der Waals surface area contributed by atoms with Crippen molar-refractivity contribution in [3.8, 4) is 5.75 Å². The Hall–Kier alpha value is -3.28. The van der Waals surface area contributed by atoms with Crippen molar-refractivity contribution in [3.05, 3.63) is 71.5 Å². The van der Waals surface area contributed by atoms with Gasteiger partial charge in [0.15, 0.2) is 5.84 Å². The number of aryl methyl sites for hydroxylation is 1. The van der Waals surface area contributed by atoms with Gasteiger partial charge in [0.05, 0.1) is 13.2 Å². The number of aliphatic imine (C=N–C) groups is 2. The molecule has 6 heteroatoms. The lowest BCUT2D eigenvalue weighted by Crippen LogP contribution is -2.20. The molecule has 0 atom stereocenters. The fourth-order valence-electron chi connectivity index (χ4n) is 2.95. The molecule has 0 fully saturated rings. The molecule has 2 aromatic carbocycles. The maximum atomic E-state index is 5.75. The highest BCUT2D eigenvalue weighted by Gasteiger charge is 2.25. The topological polar surface area (TPSA) is 64.7 Å². The van der Waals surface area contributed by atoms with Gasteiger partial charge in [-0.3, -0.25) is 4.99 Å². The van der Waals surface area contributed by atoms with E-state index in [9.17, 15) is 0 Å². The lowest BCUT2D eigenvalue weighted by molar-refractivity contribution is 0.309. The third-order valence-corrected chi connectivity index (χ3v) is 4.58. The number of hydrogen-bond donors (Lipinski definition) is 0. The quantitative estimate of drug-likeness (QED) is 0.579. The van der Waals surface area contributed by atoms with Crippen molar-refractivity contribution in [3.63, 3.8) is 0 Å². The minimum Gasteiger partial charge on any atom is -0.494 e. The first kappa shape index (κ1) is 18.1. The van der Waals surface area contributed by atoms with Crippen LogP contribution in [-0.2, 0) is 6.54 Å². The number of rotatable bonds is 7. The van der Waals surface area contributed by atoms with Crippen LogP contribution in [0.2, 0.25) is 0 Å². The van der Waals surface area contributed by atoms with Crippen LogP contribution in [0, 0.1) is 6.92 Å². The van der Waals surface area contributed by atoms with Gasteiger partial charge in [-0.05, 0) is 43.2 Å². The first-order valence-electron chi connectivity index (χ1n) is 9.57. The molecule has 3 aromatic rings. The molecule has 0 saturated carbocycles. The van der Waals surface area contributed by atoms with E-state index in [4.69, 9.17) is 9.73 Å². The maximum Gasteiger partial charge on any atom is 0.254 e. The first-order valence-corrected chi connectivity index (χ1v) is 9.57. The highest BCUT2D eigenvalue weighted by Crippen LogP contribution is 2.22. The van der Waals surface area contributed by atoms with Crippen molar-refractivity contribution in [2.75, 3.05) is 6.61 Å². The Bertz CT molecular complexity index is 1000. The number of ether oxygens (including phenoxy) is 1. The molecule has 0 aliphatic carbocycles. The lowest BCUT2D eigenvalue weighted by Gasteiger charge is -2.08. The van der Waals surface area contributed by atoms with Gasteiger partial charge in [-0.2, -0.15) is 14.8 Å². The van der Waals surface area contributed by atoms with Crippen LogP contribution in [0.3, 0.4) is 0 Å². The predicted molar refractivity (Wildman–Crippen MR) is 111 cm³/mol. The van der Waals surface area contributed by atoms with Crippen molar-refractivity contribution in [2.24, 2.45) is 9.98 Å². The molecule has 0 amide bonds. The van der Waals surface area contributed by atoms with Crippen LogP contribution < -0.4 is 4.74 Å². The van der Waals surface area contributed by atoms with Crippen LogP contribution in [0.5, 0.6) is 5.75 Å². The number of fused-ring (bicyclic) bond motifs is 1. The molecule has 1 aromatic heterocycles. The molecule has 6 nitrogen and oxygen atoms in total. The third-order valence-electron chi connectivity index (χ3n) is 4.58. The molecule has 0 spiro atoms. The van der Waals surface area contributed by atoms with E-state index in [0.717, 1.165) is 42.0 Å². The summed E-state index contributed by atoms with van der Waals surface area (Å²) in [5.74, 6) is 2.14. The normalized spacial score (nSPS) is 14.2. The Morgan fingerprint density at radius 1 is 1.04 bits per heavy atom. The van der Waals surface area contributed by atoms with E-state index in [1.54, 1.807) is 4.68 Å². The van der Waals surface area contributed by atoms with Crippen molar-refractivity contribution in [1.82, 2.24) is 14.8 Å². The van der Waals surface area contributed by atoms with Gasteiger partial charge >= 0.3 is 0 Å². The minimum atomic E-state index is 0.556. The van der Waals surface area contributed by atoms with Gasteiger partial charge < -0.3 is 4.74 Å². The van der Waals surface area contributed by atoms with Crippen LogP contribution in [0.1, 0.15) is 36.5 Å². The van der Waals surface area contributed by atoms with Gasteiger partial charge in [0.25, 0.3) is 5.95 Å². The molecular weight excluding hydrogens is 350 g/mol. The van der Waals surface area contributed by atoms with E-state index in [2.05, 4.69) is 53.2 Å². The van der Waals surface area contributed by atoms with E-state index >= 15 is 0 Å². The molecule has 0 unspecified atom stereocenters. The summed E-state index contributed by atoms with van der Waals surface area (Å²) in [6.07, 6.45) is 3.67. The SMILES string of the molecule is CCCCOc1ccc(C2=Nc3ncnn3C2=NCc2ccc(C)cc2)cc1. The predicted octanol–water partition coefficient (Wildman–Crippen LogP) is 4.35. The molecule has 2 heterocycles. The van der Waals surface area contributed by atoms with Gasteiger partial charge in [-0.15, -0.1) is 0 Å². The van der Waals surface area contributed by atoms with Crippen molar-refractivity contribution >= 4 is 17.5 Å². The Balaban J connectivity index is 1.57. The Morgan fingerprint density at radius 2 is 1.82 bits per heavy atom. The second kappa shape index (κ2) is 8.17. The number of hydrogen-bond acceptors (Lipinski definition) is 5. The maximum absolute atomic E-state index is 5.75. The zero-order valence-electron chi connectivity index (χ0n) is 16.2. The average Bonchev–Trinajstić information content (AvgIpc) is 3.30. The summed E-state index contributed by atoms with van der Waals surface area (Å²) >= 11 is 0. The van der Waals surface area contributed by atoms with Gasteiger partial charge in [-0.25, -0.2) is 4.99 Å². The monoisotopic (exact) mass is 373 g/mol. The van der Waals surface area contributed by atoms with Gasteiger partial charge in [0, 0.05) is 5.56 Å². The van der Waals surface area contributed by atoms with Crippen LogP contribution in [0.15, 0.2) is 64.8 Å².